The van der Waals surface area contributed by atoms with Gasteiger partial charge in [0.25, 0.3) is 0 Å². The summed E-state index contributed by atoms with van der Waals surface area (Å²) in [6.07, 6.45) is 8.13. The number of benzene rings is 2. The smallest absolute Gasteiger partial charge is 0.120 e. The first-order valence-corrected chi connectivity index (χ1v) is 10.2. The molecule has 0 aromatic heterocycles. The fourth-order valence-corrected chi connectivity index (χ4v) is 4.49. The molecule has 1 fully saturated rings. The molecule has 3 N–H and O–H groups in total. The number of rotatable bonds is 2. The number of aryl methyl sites for hydroxylation is 1. The Labute approximate surface area is 163 Å². The lowest BCUT2D eigenvalue weighted by Crippen LogP contribution is -2.60. The number of phenols is 1. The van der Waals surface area contributed by atoms with E-state index in [1.807, 2.05) is 12.1 Å². The highest BCUT2D eigenvalue weighted by molar-refractivity contribution is 9.10. The van der Waals surface area contributed by atoms with Crippen LogP contribution < -0.4 is 10.6 Å². The van der Waals surface area contributed by atoms with Crippen molar-refractivity contribution in [2.45, 2.75) is 50.7 Å². The van der Waals surface area contributed by atoms with Gasteiger partial charge in [-0.1, -0.05) is 52.2 Å². The molecule has 1 aliphatic carbocycles. The molecule has 1 atom stereocenters. The van der Waals surface area contributed by atoms with E-state index in [0.717, 1.165) is 28.6 Å². The molecule has 2 aromatic rings. The largest absolute Gasteiger partial charge is 0.508 e. The second kappa shape index (κ2) is 7.09. The zero-order valence-electron chi connectivity index (χ0n) is 15.1. The minimum atomic E-state index is -0.105. The third kappa shape index (κ3) is 3.53. The minimum absolute atomic E-state index is 0.0249. The first-order valence-electron chi connectivity index (χ1n) is 9.38. The molecule has 2 aromatic carbocycles. The van der Waals surface area contributed by atoms with Gasteiger partial charge in [0.15, 0.2) is 0 Å². The van der Waals surface area contributed by atoms with E-state index in [2.05, 4.69) is 63.8 Å². The summed E-state index contributed by atoms with van der Waals surface area (Å²) in [7, 11) is 0. The van der Waals surface area contributed by atoms with Crippen molar-refractivity contribution in [3.63, 3.8) is 0 Å². The van der Waals surface area contributed by atoms with Crippen LogP contribution >= 0.6 is 15.9 Å². The summed E-state index contributed by atoms with van der Waals surface area (Å²) in [5.74, 6) is 0.332. The lowest BCUT2D eigenvalue weighted by molar-refractivity contribution is 0.185. The van der Waals surface area contributed by atoms with Gasteiger partial charge in [0.1, 0.15) is 5.75 Å². The van der Waals surface area contributed by atoms with Gasteiger partial charge in [0.2, 0.25) is 0 Å². The number of hydrogen-bond donors (Lipinski definition) is 3. The fraction of sp³-hybridized carbons (Fsp3) is 0.364. The van der Waals surface area contributed by atoms with Gasteiger partial charge in [-0.25, -0.2) is 0 Å². The van der Waals surface area contributed by atoms with E-state index < -0.39 is 0 Å². The van der Waals surface area contributed by atoms with E-state index in [4.69, 9.17) is 0 Å². The van der Waals surface area contributed by atoms with Gasteiger partial charge in [0.05, 0.1) is 11.7 Å². The fourth-order valence-electron chi connectivity index (χ4n) is 4.11. The van der Waals surface area contributed by atoms with Crippen LogP contribution in [0.15, 0.2) is 53.0 Å². The second-order valence-electron chi connectivity index (χ2n) is 7.54. The molecule has 26 heavy (non-hydrogen) atoms. The molecule has 2 aliphatic rings. The average molecular weight is 413 g/mol. The summed E-state index contributed by atoms with van der Waals surface area (Å²) in [5, 5.41) is 18.0. The molecule has 4 rings (SSSR count). The van der Waals surface area contributed by atoms with Crippen LogP contribution in [0.2, 0.25) is 0 Å². The SMILES string of the molecule is Cc1ccc(C2=CC(c3cc(Br)ccc3O)NC3(CCCCC3)N2)cc1. The molecular formula is C22H25BrN2O. The zero-order valence-corrected chi connectivity index (χ0v) is 16.6. The van der Waals surface area contributed by atoms with Gasteiger partial charge >= 0.3 is 0 Å². The summed E-state index contributed by atoms with van der Waals surface area (Å²) >= 11 is 3.54. The number of hydrogen-bond acceptors (Lipinski definition) is 3. The van der Waals surface area contributed by atoms with Crippen molar-refractivity contribution < 1.29 is 5.11 Å². The molecule has 4 heteroatoms. The van der Waals surface area contributed by atoms with Crippen LogP contribution in [0.25, 0.3) is 5.70 Å². The van der Waals surface area contributed by atoms with Crippen molar-refractivity contribution in [1.29, 1.82) is 0 Å². The van der Waals surface area contributed by atoms with Crippen LogP contribution in [-0.2, 0) is 0 Å². The molecule has 0 amide bonds. The quantitative estimate of drug-likeness (QED) is 0.618. The van der Waals surface area contributed by atoms with Crippen molar-refractivity contribution in [2.24, 2.45) is 0 Å². The van der Waals surface area contributed by atoms with Gasteiger partial charge in [-0.15, -0.1) is 0 Å². The van der Waals surface area contributed by atoms with E-state index in [9.17, 15) is 5.11 Å². The van der Waals surface area contributed by atoms with Crippen molar-refractivity contribution in [3.8, 4) is 5.75 Å². The Balaban J connectivity index is 1.77. The standard InChI is InChI=1S/C22H25BrN2O/c1-15-5-7-16(8-6-15)19-14-20(18-13-17(23)9-10-21(18)26)25-22(24-19)11-3-2-4-12-22/h5-10,13-14,20,24-26H,2-4,11-12H2,1H3. The summed E-state index contributed by atoms with van der Waals surface area (Å²) < 4.78 is 0.980. The average Bonchev–Trinajstić information content (AvgIpc) is 2.64. The molecule has 3 nitrogen and oxygen atoms in total. The summed E-state index contributed by atoms with van der Waals surface area (Å²) in [4.78, 5) is 0. The molecule has 136 valence electrons. The van der Waals surface area contributed by atoms with Gasteiger partial charge in [0, 0.05) is 15.7 Å². The molecule has 0 saturated heterocycles. The van der Waals surface area contributed by atoms with E-state index in [1.54, 1.807) is 6.07 Å². The van der Waals surface area contributed by atoms with Crippen LogP contribution in [0.3, 0.4) is 0 Å². The van der Waals surface area contributed by atoms with Crippen LogP contribution in [0.5, 0.6) is 5.75 Å². The van der Waals surface area contributed by atoms with Crippen molar-refractivity contribution in [2.75, 3.05) is 0 Å². The molecule has 1 heterocycles. The van der Waals surface area contributed by atoms with Crippen molar-refractivity contribution in [1.82, 2.24) is 10.6 Å². The van der Waals surface area contributed by atoms with Crippen LogP contribution in [0.1, 0.15) is 54.8 Å². The molecule has 1 spiro atoms. The highest BCUT2D eigenvalue weighted by Crippen LogP contribution is 2.38. The molecule has 1 saturated carbocycles. The Morgan fingerprint density at radius 1 is 1.04 bits per heavy atom. The topological polar surface area (TPSA) is 44.3 Å². The predicted octanol–water partition coefficient (Wildman–Crippen LogP) is 5.40. The summed E-state index contributed by atoms with van der Waals surface area (Å²) in [5.41, 5.74) is 4.41. The van der Waals surface area contributed by atoms with E-state index in [1.165, 1.54) is 30.4 Å². The third-order valence-electron chi connectivity index (χ3n) is 5.53. The highest BCUT2D eigenvalue weighted by Gasteiger charge is 2.38. The molecular weight excluding hydrogens is 388 g/mol. The summed E-state index contributed by atoms with van der Waals surface area (Å²) in [6.45, 7) is 2.11. The number of nitrogens with one attached hydrogen (secondary N) is 2. The number of phenolic OH excluding ortho intramolecular Hbond substituents is 1. The first kappa shape index (κ1) is 17.6. The molecule has 1 unspecified atom stereocenters. The van der Waals surface area contributed by atoms with Gasteiger partial charge < -0.3 is 10.4 Å². The van der Waals surface area contributed by atoms with E-state index in [0.29, 0.717) is 5.75 Å². The maximum absolute atomic E-state index is 10.5. The zero-order chi connectivity index (χ0) is 18.1. The minimum Gasteiger partial charge on any atom is -0.508 e. The van der Waals surface area contributed by atoms with Gasteiger partial charge in [-0.05, 0) is 62.4 Å². The number of halogens is 1. The molecule has 0 bridgehead atoms. The van der Waals surface area contributed by atoms with E-state index >= 15 is 0 Å². The lowest BCUT2D eigenvalue weighted by atomic mass is 9.84. The Morgan fingerprint density at radius 3 is 2.50 bits per heavy atom. The Morgan fingerprint density at radius 2 is 1.77 bits per heavy atom. The normalized spacial score (nSPS) is 21.9. The van der Waals surface area contributed by atoms with Crippen LogP contribution in [-0.4, -0.2) is 10.8 Å². The molecule has 0 radical (unpaired) electrons. The van der Waals surface area contributed by atoms with Crippen molar-refractivity contribution in [3.05, 3.63) is 69.7 Å². The van der Waals surface area contributed by atoms with Gasteiger partial charge in [-0.2, -0.15) is 0 Å². The monoisotopic (exact) mass is 412 g/mol. The van der Waals surface area contributed by atoms with Crippen molar-refractivity contribution >= 4 is 21.6 Å². The predicted molar refractivity (Wildman–Crippen MR) is 110 cm³/mol. The third-order valence-corrected chi connectivity index (χ3v) is 6.03. The molecule has 1 aliphatic heterocycles. The Kier molecular flexibility index (Phi) is 4.80. The first-order chi connectivity index (χ1) is 12.5. The Hall–Kier alpha value is -1.78. The van der Waals surface area contributed by atoms with E-state index in [-0.39, 0.29) is 11.7 Å². The maximum atomic E-state index is 10.5. The Bertz CT molecular complexity index is 823. The maximum Gasteiger partial charge on any atom is 0.120 e. The summed E-state index contributed by atoms with van der Waals surface area (Å²) in [6, 6.07) is 14.3. The van der Waals surface area contributed by atoms with Crippen LogP contribution in [0, 0.1) is 6.92 Å². The lowest BCUT2D eigenvalue weighted by Gasteiger charge is -2.46. The van der Waals surface area contributed by atoms with Gasteiger partial charge in [-0.3, -0.25) is 5.32 Å². The number of aromatic hydroxyl groups is 1. The second-order valence-corrected chi connectivity index (χ2v) is 8.45. The van der Waals surface area contributed by atoms with Crippen LogP contribution in [0.4, 0.5) is 0 Å². The highest BCUT2D eigenvalue weighted by atomic mass is 79.9.